The number of carbonyl (C=O) groups excluding carboxylic acids is 2. The van der Waals surface area contributed by atoms with Gasteiger partial charge in [0, 0.05) is 10.8 Å². The van der Waals surface area contributed by atoms with Crippen molar-refractivity contribution in [3.8, 4) is 5.75 Å². The van der Waals surface area contributed by atoms with Gasteiger partial charge in [0.1, 0.15) is 12.4 Å². The fourth-order valence-corrected chi connectivity index (χ4v) is 3.67. The molecule has 0 N–H and O–H groups in total. The lowest BCUT2D eigenvalue weighted by molar-refractivity contribution is -0.104. The fourth-order valence-electron chi connectivity index (χ4n) is 3.06. The van der Waals surface area contributed by atoms with E-state index in [0.29, 0.717) is 26.7 Å². The lowest BCUT2D eigenvalue weighted by Gasteiger charge is -2.27. The molecule has 0 aromatic heterocycles. The zero-order chi connectivity index (χ0) is 18.3. The summed E-state index contributed by atoms with van der Waals surface area (Å²) in [5.74, 6) is -0.447. The second-order valence-corrected chi connectivity index (χ2v) is 6.63. The summed E-state index contributed by atoms with van der Waals surface area (Å²) in [6.45, 7) is 0.122. The van der Waals surface area contributed by atoms with Crippen LogP contribution in [0.1, 0.15) is 26.3 Å². The molecular formula is C20H14BrNO4. The average molecular weight is 412 g/mol. The van der Waals surface area contributed by atoms with Gasteiger partial charge in [-0.1, -0.05) is 42.5 Å². The normalized spacial score (nSPS) is 13.4. The summed E-state index contributed by atoms with van der Waals surface area (Å²) in [5.41, 5.74) is 1.67. The van der Waals surface area contributed by atoms with Crippen LogP contribution in [0.4, 0.5) is 0 Å². The standard InChI is InChI=1S/C20H14BrNO4/c1-25-16-10-15-17-13(18(16)21)8-5-9-14(17)19(23)22(20(15)24)26-11-12-6-3-2-4-7-12/h2-10H,11H2,1H3. The molecule has 3 aromatic carbocycles. The lowest BCUT2D eigenvalue weighted by atomic mass is 9.94. The molecule has 5 nitrogen and oxygen atoms in total. The van der Waals surface area contributed by atoms with Crippen molar-refractivity contribution in [2.45, 2.75) is 6.61 Å². The number of hydrogen-bond acceptors (Lipinski definition) is 4. The Balaban J connectivity index is 1.79. The fraction of sp³-hybridized carbons (Fsp3) is 0.100. The second-order valence-electron chi connectivity index (χ2n) is 5.83. The van der Waals surface area contributed by atoms with E-state index in [2.05, 4.69) is 15.9 Å². The predicted molar refractivity (Wildman–Crippen MR) is 99.9 cm³/mol. The zero-order valence-electron chi connectivity index (χ0n) is 13.9. The molecule has 0 spiro atoms. The van der Waals surface area contributed by atoms with E-state index in [1.165, 1.54) is 7.11 Å². The Labute approximate surface area is 158 Å². The molecule has 1 aliphatic rings. The molecule has 26 heavy (non-hydrogen) atoms. The third-order valence-electron chi connectivity index (χ3n) is 4.31. The molecule has 130 valence electrons. The van der Waals surface area contributed by atoms with Crippen molar-refractivity contribution < 1.29 is 19.2 Å². The molecule has 1 heterocycles. The van der Waals surface area contributed by atoms with Crippen LogP contribution < -0.4 is 4.74 Å². The van der Waals surface area contributed by atoms with Crippen LogP contribution in [-0.4, -0.2) is 24.0 Å². The molecule has 0 radical (unpaired) electrons. The van der Waals surface area contributed by atoms with Gasteiger partial charge in [0.15, 0.2) is 0 Å². The van der Waals surface area contributed by atoms with Crippen LogP contribution in [0.5, 0.6) is 5.75 Å². The molecule has 6 heteroatoms. The van der Waals surface area contributed by atoms with E-state index in [9.17, 15) is 9.59 Å². The molecule has 0 fully saturated rings. The molecule has 0 saturated heterocycles. The number of imide groups is 1. The van der Waals surface area contributed by atoms with Crippen molar-refractivity contribution in [3.63, 3.8) is 0 Å². The van der Waals surface area contributed by atoms with Gasteiger partial charge in [-0.25, -0.2) is 0 Å². The predicted octanol–water partition coefficient (Wildman–Crippen LogP) is 4.34. The van der Waals surface area contributed by atoms with Gasteiger partial charge in [-0.15, -0.1) is 5.06 Å². The van der Waals surface area contributed by atoms with Gasteiger partial charge in [-0.2, -0.15) is 0 Å². The Bertz CT molecular complexity index is 1030. The maximum absolute atomic E-state index is 12.9. The molecule has 0 saturated carbocycles. The van der Waals surface area contributed by atoms with Crippen molar-refractivity contribution in [2.24, 2.45) is 0 Å². The van der Waals surface area contributed by atoms with Crippen LogP contribution in [0.2, 0.25) is 0 Å². The summed E-state index contributed by atoms with van der Waals surface area (Å²) >= 11 is 3.49. The van der Waals surface area contributed by atoms with E-state index in [1.807, 2.05) is 36.4 Å². The highest BCUT2D eigenvalue weighted by Crippen LogP contribution is 2.40. The first-order valence-corrected chi connectivity index (χ1v) is 8.76. The first-order chi connectivity index (χ1) is 12.6. The zero-order valence-corrected chi connectivity index (χ0v) is 15.4. The molecule has 0 unspecified atom stereocenters. The minimum Gasteiger partial charge on any atom is -0.496 e. The van der Waals surface area contributed by atoms with Gasteiger partial charge >= 0.3 is 0 Å². The van der Waals surface area contributed by atoms with Crippen LogP contribution in [0.25, 0.3) is 10.8 Å². The SMILES string of the molecule is COc1cc2c3c(cccc3c1Br)C(=O)N(OCc1ccccc1)C2=O. The summed E-state index contributed by atoms with van der Waals surface area (Å²) in [7, 11) is 1.53. The Morgan fingerprint density at radius 2 is 1.69 bits per heavy atom. The number of rotatable bonds is 4. The number of halogens is 1. The molecular weight excluding hydrogens is 398 g/mol. The Morgan fingerprint density at radius 1 is 0.962 bits per heavy atom. The maximum Gasteiger partial charge on any atom is 0.285 e. The number of carbonyl (C=O) groups is 2. The largest absolute Gasteiger partial charge is 0.496 e. The van der Waals surface area contributed by atoms with Crippen LogP contribution in [0, 0.1) is 0 Å². The van der Waals surface area contributed by atoms with E-state index in [-0.39, 0.29) is 6.61 Å². The molecule has 0 aliphatic carbocycles. The Kier molecular flexibility index (Phi) is 4.22. The number of amides is 2. The topological polar surface area (TPSA) is 55.8 Å². The highest BCUT2D eigenvalue weighted by Gasteiger charge is 2.35. The van der Waals surface area contributed by atoms with Gasteiger partial charge < -0.3 is 4.74 Å². The summed E-state index contributed by atoms with van der Waals surface area (Å²) < 4.78 is 6.06. The lowest BCUT2D eigenvalue weighted by Crippen LogP contribution is -2.40. The molecule has 0 atom stereocenters. The average Bonchev–Trinajstić information content (AvgIpc) is 2.68. The van der Waals surface area contributed by atoms with E-state index in [4.69, 9.17) is 9.57 Å². The highest BCUT2D eigenvalue weighted by molar-refractivity contribution is 9.10. The van der Waals surface area contributed by atoms with Crippen molar-refractivity contribution in [1.82, 2.24) is 5.06 Å². The van der Waals surface area contributed by atoms with E-state index >= 15 is 0 Å². The van der Waals surface area contributed by atoms with Crippen LogP contribution in [0.15, 0.2) is 59.1 Å². The van der Waals surface area contributed by atoms with Gasteiger partial charge in [0.25, 0.3) is 11.8 Å². The smallest absolute Gasteiger partial charge is 0.285 e. The van der Waals surface area contributed by atoms with E-state index in [1.54, 1.807) is 18.2 Å². The number of nitrogens with zero attached hydrogens (tertiary/aromatic N) is 1. The third-order valence-corrected chi connectivity index (χ3v) is 5.13. The molecule has 3 aromatic rings. The number of hydrogen-bond donors (Lipinski definition) is 0. The highest BCUT2D eigenvalue weighted by atomic mass is 79.9. The first kappa shape index (κ1) is 16.8. The van der Waals surface area contributed by atoms with Gasteiger partial charge in [-0.3, -0.25) is 14.4 Å². The van der Waals surface area contributed by atoms with Gasteiger partial charge in [0.05, 0.1) is 22.7 Å². The van der Waals surface area contributed by atoms with Crippen LogP contribution in [-0.2, 0) is 11.4 Å². The van der Waals surface area contributed by atoms with Crippen molar-refractivity contribution in [1.29, 1.82) is 0 Å². The van der Waals surface area contributed by atoms with Crippen LogP contribution >= 0.6 is 15.9 Å². The molecule has 0 bridgehead atoms. The number of benzene rings is 3. The summed E-state index contributed by atoms with van der Waals surface area (Å²) in [6, 6.07) is 16.3. The summed E-state index contributed by atoms with van der Waals surface area (Å²) in [6.07, 6.45) is 0. The summed E-state index contributed by atoms with van der Waals surface area (Å²) in [4.78, 5) is 31.3. The van der Waals surface area contributed by atoms with Crippen molar-refractivity contribution in [3.05, 3.63) is 75.8 Å². The maximum atomic E-state index is 12.9. The Hall–Kier alpha value is -2.70. The quantitative estimate of drug-likeness (QED) is 0.599. The Morgan fingerprint density at radius 3 is 2.42 bits per heavy atom. The van der Waals surface area contributed by atoms with Gasteiger partial charge in [0.2, 0.25) is 0 Å². The van der Waals surface area contributed by atoms with Crippen molar-refractivity contribution >= 4 is 38.5 Å². The first-order valence-electron chi connectivity index (χ1n) is 7.96. The molecule has 1 aliphatic heterocycles. The van der Waals surface area contributed by atoms with Gasteiger partial charge in [-0.05, 0) is 33.6 Å². The van der Waals surface area contributed by atoms with E-state index < -0.39 is 11.8 Å². The number of ether oxygens (including phenoxy) is 1. The van der Waals surface area contributed by atoms with E-state index in [0.717, 1.165) is 16.0 Å². The van der Waals surface area contributed by atoms with Crippen molar-refractivity contribution in [2.75, 3.05) is 7.11 Å². The minimum atomic E-state index is -0.500. The molecule has 4 rings (SSSR count). The summed E-state index contributed by atoms with van der Waals surface area (Å²) in [5, 5.41) is 2.19. The minimum absolute atomic E-state index is 0.122. The molecule has 2 amide bonds. The third kappa shape index (κ3) is 2.58. The van der Waals surface area contributed by atoms with Crippen LogP contribution in [0.3, 0.4) is 0 Å². The number of methoxy groups -OCH3 is 1. The number of hydroxylamine groups is 2. The second kappa shape index (κ2) is 6.55. The monoisotopic (exact) mass is 411 g/mol.